The lowest BCUT2D eigenvalue weighted by Crippen LogP contribution is -2.51. The SMILES string of the molecule is CCCC(C)(C(=O)O)N1CCC(C)C1. The Morgan fingerprint density at radius 1 is 1.64 bits per heavy atom. The molecule has 3 heteroatoms. The van der Waals surface area contributed by atoms with E-state index < -0.39 is 11.5 Å². The van der Waals surface area contributed by atoms with Crippen LogP contribution in [0.5, 0.6) is 0 Å². The fourth-order valence-corrected chi connectivity index (χ4v) is 2.27. The van der Waals surface area contributed by atoms with Gasteiger partial charge in [-0.05, 0) is 32.2 Å². The van der Waals surface area contributed by atoms with Gasteiger partial charge >= 0.3 is 5.97 Å². The lowest BCUT2D eigenvalue weighted by molar-refractivity contribution is -0.150. The van der Waals surface area contributed by atoms with Gasteiger partial charge in [-0.2, -0.15) is 0 Å². The molecule has 1 heterocycles. The molecule has 1 fully saturated rings. The molecule has 0 aromatic heterocycles. The Balaban J connectivity index is 2.72. The monoisotopic (exact) mass is 199 g/mol. The van der Waals surface area contributed by atoms with Crippen molar-refractivity contribution in [2.45, 2.75) is 45.6 Å². The summed E-state index contributed by atoms with van der Waals surface area (Å²) in [5.74, 6) is -0.0287. The van der Waals surface area contributed by atoms with E-state index in [1.54, 1.807) is 0 Å². The van der Waals surface area contributed by atoms with Crippen LogP contribution in [0, 0.1) is 5.92 Å². The third-order valence-corrected chi connectivity index (χ3v) is 3.32. The Bertz CT molecular complexity index is 217. The van der Waals surface area contributed by atoms with Crippen LogP contribution < -0.4 is 0 Å². The van der Waals surface area contributed by atoms with Gasteiger partial charge in [0.25, 0.3) is 0 Å². The first-order valence-corrected chi connectivity index (χ1v) is 5.49. The molecule has 1 rings (SSSR count). The van der Waals surface area contributed by atoms with Crippen molar-refractivity contribution in [3.8, 4) is 0 Å². The maximum atomic E-state index is 11.3. The minimum Gasteiger partial charge on any atom is -0.480 e. The van der Waals surface area contributed by atoms with E-state index in [1.807, 2.05) is 13.8 Å². The molecule has 1 aliphatic rings. The quantitative estimate of drug-likeness (QED) is 0.752. The van der Waals surface area contributed by atoms with Gasteiger partial charge in [-0.25, -0.2) is 0 Å². The summed E-state index contributed by atoms with van der Waals surface area (Å²) in [7, 11) is 0. The smallest absolute Gasteiger partial charge is 0.323 e. The molecule has 82 valence electrons. The molecule has 2 unspecified atom stereocenters. The Morgan fingerprint density at radius 3 is 2.64 bits per heavy atom. The van der Waals surface area contributed by atoms with Gasteiger partial charge in [0.1, 0.15) is 5.54 Å². The Labute approximate surface area is 86.1 Å². The molecule has 0 aromatic carbocycles. The summed E-state index contributed by atoms with van der Waals surface area (Å²) < 4.78 is 0. The highest BCUT2D eigenvalue weighted by atomic mass is 16.4. The van der Waals surface area contributed by atoms with Crippen molar-refractivity contribution in [1.29, 1.82) is 0 Å². The van der Waals surface area contributed by atoms with Crippen LogP contribution >= 0.6 is 0 Å². The van der Waals surface area contributed by atoms with E-state index in [2.05, 4.69) is 11.8 Å². The first-order chi connectivity index (χ1) is 6.50. The maximum absolute atomic E-state index is 11.3. The fraction of sp³-hybridized carbons (Fsp3) is 0.909. The summed E-state index contributed by atoms with van der Waals surface area (Å²) in [5, 5.41) is 9.27. The lowest BCUT2D eigenvalue weighted by atomic mass is 9.94. The second kappa shape index (κ2) is 4.30. The fourth-order valence-electron chi connectivity index (χ4n) is 2.27. The molecule has 3 nitrogen and oxygen atoms in total. The topological polar surface area (TPSA) is 40.5 Å². The summed E-state index contributed by atoms with van der Waals surface area (Å²) in [6.07, 6.45) is 2.80. The van der Waals surface area contributed by atoms with Gasteiger partial charge in [-0.3, -0.25) is 9.69 Å². The van der Waals surface area contributed by atoms with E-state index >= 15 is 0 Å². The number of nitrogens with zero attached hydrogens (tertiary/aromatic N) is 1. The van der Waals surface area contributed by atoms with Gasteiger partial charge in [0.05, 0.1) is 0 Å². The molecule has 1 saturated heterocycles. The van der Waals surface area contributed by atoms with E-state index in [9.17, 15) is 9.90 Å². The van der Waals surface area contributed by atoms with Crippen LogP contribution in [0.4, 0.5) is 0 Å². The van der Waals surface area contributed by atoms with Crippen molar-refractivity contribution in [2.24, 2.45) is 5.92 Å². The van der Waals surface area contributed by atoms with Crippen LogP contribution in [0.2, 0.25) is 0 Å². The number of likely N-dealkylation sites (tertiary alicyclic amines) is 1. The summed E-state index contributed by atoms with van der Waals surface area (Å²) >= 11 is 0. The predicted molar refractivity (Wildman–Crippen MR) is 56.3 cm³/mol. The highest BCUT2D eigenvalue weighted by molar-refractivity contribution is 5.78. The van der Waals surface area contributed by atoms with Crippen molar-refractivity contribution < 1.29 is 9.90 Å². The number of carboxylic acid groups (broad SMARTS) is 1. The molecule has 2 atom stereocenters. The molecule has 0 bridgehead atoms. The van der Waals surface area contributed by atoms with Crippen molar-refractivity contribution in [2.75, 3.05) is 13.1 Å². The molecule has 0 radical (unpaired) electrons. The van der Waals surface area contributed by atoms with Crippen LogP contribution in [0.1, 0.15) is 40.0 Å². The summed E-state index contributed by atoms with van der Waals surface area (Å²) in [6.45, 7) is 7.96. The third kappa shape index (κ3) is 2.08. The number of carbonyl (C=O) groups is 1. The zero-order valence-electron chi connectivity index (χ0n) is 9.42. The van der Waals surface area contributed by atoms with Gasteiger partial charge in [-0.1, -0.05) is 20.3 Å². The zero-order valence-corrected chi connectivity index (χ0v) is 9.42. The molecule has 1 N–H and O–H groups in total. The Morgan fingerprint density at radius 2 is 2.29 bits per heavy atom. The van der Waals surface area contributed by atoms with Gasteiger partial charge < -0.3 is 5.11 Å². The van der Waals surface area contributed by atoms with Crippen molar-refractivity contribution in [3.63, 3.8) is 0 Å². The first-order valence-electron chi connectivity index (χ1n) is 5.49. The van der Waals surface area contributed by atoms with Crippen LogP contribution in [0.3, 0.4) is 0 Å². The number of aliphatic carboxylic acids is 1. The van der Waals surface area contributed by atoms with Crippen molar-refractivity contribution >= 4 is 5.97 Å². The molecule has 0 amide bonds. The van der Waals surface area contributed by atoms with Crippen LogP contribution in [-0.2, 0) is 4.79 Å². The minimum absolute atomic E-state index is 0.639. The minimum atomic E-state index is -0.673. The van der Waals surface area contributed by atoms with Crippen molar-refractivity contribution in [1.82, 2.24) is 4.90 Å². The molecule has 0 saturated carbocycles. The molecular formula is C11H21NO2. The molecule has 14 heavy (non-hydrogen) atoms. The van der Waals surface area contributed by atoms with Gasteiger partial charge in [-0.15, -0.1) is 0 Å². The van der Waals surface area contributed by atoms with Crippen LogP contribution in [0.25, 0.3) is 0 Å². The zero-order chi connectivity index (χ0) is 10.8. The van der Waals surface area contributed by atoms with E-state index in [-0.39, 0.29) is 0 Å². The highest BCUT2D eigenvalue weighted by Crippen LogP contribution is 2.28. The van der Waals surface area contributed by atoms with E-state index in [4.69, 9.17) is 0 Å². The second-order valence-corrected chi connectivity index (χ2v) is 4.67. The predicted octanol–water partition coefficient (Wildman–Crippen LogP) is 1.97. The van der Waals surface area contributed by atoms with Crippen LogP contribution in [-0.4, -0.2) is 34.6 Å². The largest absolute Gasteiger partial charge is 0.480 e. The maximum Gasteiger partial charge on any atom is 0.323 e. The molecule has 0 aliphatic carbocycles. The van der Waals surface area contributed by atoms with Gasteiger partial charge in [0, 0.05) is 6.54 Å². The average Bonchev–Trinajstić information content (AvgIpc) is 2.52. The second-order valence-electron chi connectivity index (χ2n) is 4.67. The number of hydrogen-bond acceptors (Lipinski definition) is 2. The third-order valence-electron chi connectivity index (χ3n) is 3.32. The highest BCUT2D eigenvalue weighted by Gasteiger charge is 2.41. The number of rotatable bonds is 4. The summed E-state index contributed by atoms with van der Waals surface area (Å²) in [5.41, 5.74) is -0.639. The Kier molecular flexibility index (Phi) is 3.53. The van der Waals surface area contributed by atoms with E-state index in [0.29, 0.717) is 5.92 Å². The number of carboxylic acids is 1. The van der Waals surface area contributed by atoms with E-state index in [0.717, 1.165) is 32.4 Å². The standard InChI is InChI=1S/C11H21NO2/c1-4-6-11(3,10(13)14)12-7-5-9(2)8-12/h9H,4-8H2,1-3H3,(H,13,14). The van der Waals surface area contributed by atoms with Crippen LogP contribution in [0.15, 0.2) is 0 Å². The first kappa shape index (κ1) is 11.5. The van der Waals surface area contributed by atoms with Crippen molar-refractivity contribution in [3.05, 3.63) is 0 Å². The summed E-state index contributed by atoms with van der Waals surface area (Å²) in [4.78, 5) is 13.4. The normalized spacial score (nSPS) is 27.5. The molecule has 0 spiro atoms. The Hall–Kier alpha value is -0.570. The average molecular weight is 199 g/mol. The van der Waals surface area contributed by atoms with Gasteiger partial charge in [0.15, 0.2) is 0 Å². The van der Waals surface area contributed by atoms with E-state index in [1.165, 1.54) is 0 Å². The number of hydrogen-bond donors (Lipinski definition) is 1. The molecule has 0 aromatic rings. The summed E-state index contributed by atoms with van der Waals surface area (Å²) in [6, 6.07) is 0. The molecule has 1 aliphatic heterocycles. The molecular weight excluding hydrogens is 178 g/mol. The lowest BCUT2D eigenvalue weighted by Gasteiger charge is -2.34. The van der Waals surface area contributed by atoms with Gasteiger partial charge in [0.2, 0.25) is 0 Å².